The van der Waals surface area contributed by atoms with Crippen LogP contribution < -0.4 is 11.1 Å². The molecule has 1 fully saturated rings. The first kappa shape index (κ1) is 11.5. The fraction of sp³-hybridized carbons (Fsp3) is 0.357. The molecule has 3 rings (SSSR count). The SMILES string of the molecule is Cc1ccc2c(N)c(C(=O)NCC3CC3)sc2c1. The maximum absolute atomic E-state index is 12.1. The van der Waals surface area contributed by atoms with Crippen molar-refractivity contribution in [3.63, 3.8) is 0 Å². The topological polar surface area (TPSA) is 55.1 Å². The third-order valence-corrected chi connectivity index (χ3v) is 4.51. The largest absolute Gasteiger partial charge is 0.397 e. The van der Waals surface area contributed by atoms with Crippen molar-refractivity contribution in [3.05, 3.63) is 28.6 Å². The fourth-order valence-electron chi connectivity index (χ4n) is 2.03. The Bertz CT molecular complexity index is 614. The molecule has 1 aliphatic carbocycles. The van der Waals surface area contributed by atoms with Gasteiger partial charge in [0.15, 0.2) is 0 Å². The van der Waals surface area contributed by atoms with Gasteiger partial charge in [0.05, 0.1) is 5.69 Å². The zero-order valence-electron chi connectivity index (χ0n) is 10.3. The van der Waals surface area contributed by atoms with Crippen molar-refractivity contribution >= 4 is 33.0 Å². The molecule has 0 unspecified atom stereocenters. The Kier molecular flexibility index (Phi) is 2.74. The van der Waals surface area contributed by atoms with Gasteiger partial charge in [0.1, 0.15) is 4.88 Å². The van der Waals surface area contributed by atoms with Crippen molar-refractivity contribution in [2.24, 2.45) is 5.92 Å². The second kappa shape index (κ2) is 4.28. The third kappa shape index (κ3) is 2.08. The van der Waals surface area contributed by atoms with Crippen LogP contribution in [0.4, 0.5) is 5.69 Å². The number of anilines is 1. The summed E-state index contributed by atoms with van der Waals surface area (Å²) in [5.74, 6) is 0.657. The molecule has 0 aliphatic heterocycles. The molecule has 1 aliphatic rings. The molecule has 3 N–H and O–H groups in total. The molecule has 94 valence electrons. The molecule has 0 atom stereocenters. The molecule has 0 spiro atoms. The van der Waals surface area contributed by atoms with Crippen LogP contribution in [0.15, 0.2) is 18.2 Å². The Morgan fingerprint density at radius 1 is 1.50 bits per heavy atom. The third-order valence-electron chi connectivity index (χ3n) is 3.34. The van der Waals surface area contributed by atoms with Crippen molar-refractivity contribution in [2.45, 2.75) is 19.8 Å². The van der Waals surface area contributed by atoms with Crippen LogP contribution in [0.3, 0.4) is 0 Å². The van der Waals surface area contributed by atoms with Crippen LogP contribution in [0.1, 0.15) is 28.1 Å². The molecule has 4 heteroatoms. The van der Waals surface area contributed by atoms with Crippen LogP contribution in [-0.4, -0.2) is 12.5 Å². The standard InChI is InChI=1S/C14H16N2OS/c1-8-2-5-10-11(6-8)18-13(12(10)15)14(17)16-7-9-3-4-9/h2,5-6,9H,3-4,7,15H2,1H3,(H,16,17). The number of carbonyl (C=O) groups excluding carboxylic acids is 1. The maximum Gasteiger partial charge on any atom is 0.263 e. The van der Waals surface area contributed by atoms with Gasteiger partial charge >= 0.3 is 0 Å². The first-order chi connectivity index (χ1) is 8.65. The lowest BCUT2D eigenvalue weighted by atomic mass is 10.1. The zero-order valence-corrected chi connectivity index (χ0v) is 11.1. The summed E-state index contributed by atoms with van der Waals surface area (Å²) in [5.41, 5.74) is 7.86. The van der Waals surface area contributed by atoms with Crippen LogP contribution in [0, 0.1) is 12.8 Å². The van der Waals surface area contributed by atoms with Crippen LogP contribution in [0.5, 0.6) is 0 Å². The predicted molar refractivity (Wildman–Crippen MR) is 76.0 cm³/mol. The highest BCUT2D eigenvalue weighted by atomic mass is 32.1. The van der Waals surface area contributed by atoms with Gasteiger partial charge in [0, 0.05) is 16.6 Å². The second-order valence-electron chi connectivity index (χ2n) is 5.00. The average molecular weight is 260 g/mol. The Morgan fingerprint density at radius 2 is 2.28 bits per heavy atom. The van der Waals surface area contributed by atoms with Crippen molar-refractivity contribution in [1.82, 2.24) is 5.32 Å². The van der Waals surface area contributed by atoms with Gasteiger partial charge in [-0.05, 0) is 37.3 Å². The van der Waals surface area contributed by atoms with E-state index in [0.717, 1.165) is 16.6 Å². The van der Waals surface area contributed by atoms with Gasteiger partial charge < -0.3 is 11.1 Å². The first-order valence-electron chi connectivity index (χ1n) is 6.22. The second-order valence-corrected chi connectivity index (χ2v) is 6.05. The lowest BCUT2D eigenvalue weighted by Crippen LogP contribution is -2.25. The monoisotopic (exact) mass is 260 g/mol. The number of nitrogens with one attached hydrogen (secondary N) is 1. The molecule has 1 amide bonds. The minimum Gasteiger partial charge on any atom is -0.397 e. The summed E-state index contributed by atoms with van der Waals surface area (Å²) in [7, 11) is 0. The Morgan fingerprint density at radius 3 is 3.00 bits per heavy atom. The summed E-state index contributed by atoms with van der Waals surface area (Å²) in [6, 6.07) is 6.10. The maximum atomic E-state index is 12.1. The molecular weight excluding hydrogens is 244 g/mol. The quantitative estimate of drug-likeness (QED) is 0.891. The van der Waals surface area contributed by atoms with Crippen molar-refractivity contribution in [3.8, 4) is 0 Å². The number of amides is 1. The van der Waals surface area contributed by atoms with Gasteiger partial charge in [-0.3, -0.25) is 4.79 Å². The molecular formula is C14H16N2OS. The van der Waals surface area contributed by atoms with E-state index in [0.29, 0.717) is 16.5 Å². The minimum atomic E-state index is -0.0294. The van der Waals surface area contributed by atoms with Crippen LogP contribution >= 0.6 is 11.3 Å². The van der Waals surface area contributed by atoms with Gasteiger partial charge in [0.25, 0.3) is 5.91 Å². The summed E-state index contributed by atoms with van der Waals surface area (Å²) in [6.07, 6.45) is 2.47. The van der Waals surface area contributed by atoms with E-state index in [4.69, 9.17) is 5.73 Å². The summed E-state index contributed by atoms with van der Waals surface area (Å²) in [6.45, 7) is 2.83. The normalized spacial score (nSPS) is 14.9. The summed E-state index contributed by atoms with van der Waals surface area (Å²) in [5, 5.41) is 3.96. The predicted octanol–water partition coefficient (Wildman–Crippen LogP) is 2.93. The van der Waals surface area contributed by atoms with E-state index < -0.39 is 0 Å². The van der Waals surface area contributed by atoms with Crippen molar-refractivity contribution in [2.75, 3.05) is 12.3 Å². The van der Waals surface area contributed by atoms with Gasteiger partial charge in [-0.15, -0.1) is 11.3 Å². The lowest BCUT2D eigenvalue weighted by Gasteiger charge is -2.02. The molecule has 1 saturated carbocycles. The van der Waals surface area contributed by atoms with E-state index in [1.807, 2.05) is 19.1 Å². The molecule has 0 saturated heterocycles. The molecule has 2 aromatic rings. The van der Waals surface area contributed by atoms with Gasteiger partial charge in [-0.2, -0.15) is 0 Å². The van der Waals surface area contributed by atoms with Gasteiger partial charge in [-0.1, -0.05) is 12.1 Å². The highest BCUT2D eigenvalue weighted by Gasteiger charge is 2.23. The van der Waals surface area contributed by atoms with Crippen molar-refractivity contribution < 1.29 is 4.79 Å². The van der Waals surface area contributed by atoms with E-state index >= 15 is 0 Å². The minimum absolute atomic E-state index is 0.0294. The average Bonchev–Trinajstić information content (AvgIpc) is 3.11. The summed E-state index contributed by atoms with van der Waals surface area (Å²) >= 11 is 1.48. The number of nitrogen functional groups attached to an aromatic ring is 1. The van der Waals surface area contributed by atoms with E-state index in [1.54, 1.807) is 0 Å². The number of carbonyl (C=O) groups is 1. The number of nitrogens with two attached hydrogens (primary N) is 1. The first-order valence-corrected chi connectivity index (χ1v) is 7.03. The molecule has 1 heterocycles. The number of thiophene rings is 1. The number of aryl methyl sites for hydroxylation is 1. The highest BCUT2D eigenvalue weighted by Crippen LogP contribution is 2.34. The zero-order chi connectivity index (χ0) is 12.7. The summed E-state index contributed by atoms with van der Waals surface area (Å²) < 4.78 is 1.09. The number of rotatable bonds is 3. The van der Waals surface area contributed by atoms with E-state index in [9.17, 15) is 4.79 Å². The van der Waals surface area contributed by atoms with E-state index in [1.165, 1.54) is 29.7 Å². The smallest absolute Gasteiger partial charge is 0.263 e. The fourth-order valence-corrected chi connectivity index (χ4v) is 3.17. The van der Waals surface area contributed by atoms with Crippen LogP contribution in [0.2, 0.25) is 0 Å². The molecule has 18 heavy (non-hydrogen) atoms. The molecule has 1 aromatic heterocycles. The molecule has 3 nitrogen and oxygen atoms in total. The number of hydrogen-bond donors (Lipinski definition) is 2. The van der Waals surface area contributed by atoms with Gasteiger partial charge in [0.2, 0.25) is 0 Å². The lowest BCUT2D eigenvalue weighted by molar-refractivity contribution is 0.0956. The summed E-state index contributed by atoms with van der Waals surface area (Å²) in [4.78, 5) is 12.7. The van der Waals surface area contributed by atoms with Crippen molar-refractivity contribution in [1.29, 1.82) is 0 Å². The van der Waals surface area contributed by atoms with Crippen LogP contribution in [0.25, 0.3) is 10.1 Å². The highest BCUT2D eigenvalue weighted by molar-refractivity contribution is 7.21. The Hall–Kier alpha value is -1.55. The number of fused-ring (bicyclic) bond motifs is 1. The number of benzene rings is 1. The van der Waals surface area contributed by atoms with E-state index in [-0.39, 0.29) is 5.91 Å². The molecule has 0 radical (unpaired) electrons. The molecule has 1 aromatic carbocycles. The number of hydrogen-bond acceptors (Lipinski definition) is 3. The Labute approximate surface area is 110 Å². The Balaban J connectivity index is 1.90. The van der Waals surface area contributed by atoms with E-state index in [2.05, 4.69) is 11.4 Å². The molecule has 0 bridgehead atoms. The van der Waals surface area contributed by atoms with Gasteiger partial charge in [-0.25, -0.2) is 0 Å². The van der Waals surface area contributed by atoms with Crippen LogP contribution in [-0.2, 0) is 0 Å².